The van der Waals surface area contributed by atoms with Gasteiger partial charge in [0.05, 0.1) is 9.23 Å². The van der Waals surface area contributed by atoms with Crippen LogP contribution in [0.5, 0.6) is 0 Å². The molecule has 0 aliphatic heterocycles. The van der Waals surface area contributed by atoms with Gasteiger partial charge in [-0.3, -0.25) is 0 Å². The van der Waals surface area contributed by atoms with Crippen molar-refractivity contribution in [2.75, 3.05) is 0 Å². The van der Waals surface area contributed by atoms with Crippen LogP contribution in [0, 0.1) is 0 Å². The molecule has 0 saturated heterocycles. The minimum Gasteiger partial charge on any atom is -0.189 e. The van der Waals surface area contributed by atoms with Crippen molar-refractivity contribution in [3.05, 3.63) is 28.6 Å². The second-order valence-electron chi connectivity index (χ2n) is 2.69. The Morgan fingerprint density at radius 3 is 2.64 bits per heavy atom. The summed E-state index contributed by atoms with van der Waals surface area (Å²) in [7, 11) is -4.62. The van der Waals surface area contributed by atoms with Crippen LogP contribution in [0.15, 0.2) is 29.2 Å². The fourth-order valence-electron chi connectivity index (χ4n) is 1.14. The molecule has 0 atom stereocenters. The number of rotatable bonds is 1. The molecule has 1 aromatic heterocycles. The molecule has 2 rings (SSSR count). The minimum absolute atomic E-state index is 0.334. The lowest BCUT2D eigenvalue weighted by molar-refractivity contribution is 0.552. The second kappa shape index (κ2) is 3.18. The molecular weight excluding hydrogens is 247 g/mol. The van der Waals surface area contributed by atoms with E-state index in [1.54, 1.807) is 12.1 Å². The van der Waals surface area contributed by atoms with Crippen LogP contribution in [0.1, 0.15) is 0 Å². The highest BCUT2D eigenvalue weighted by Crippen LogP contribution is 2.31. The Morgan fingerprint density at radius 2 is 2.00 bits per heavy atom. The van der Waals surface area contributed by atoms with Gasteiger partial charge in [0.25, 0.3) is 0 Å². The van der Waals surface area contributed by atoms with Crippen LogP contribution in [-0.4, -0.2) is 8.42 Å². The van der Waals surface area contributed by atoms with Crippen molar-refractivity contribution in [1.29, 1.82) is 0 Å². The first-order chi connectivity index (χ1) is 6.47. The number of benzene rings is 1. The molecule has 2 aromatic rings. The summed E-state index contributed by atoms with van der Waals surface area (Å²) in [4.78, 5) is -0.334. The SMILES string of the molecule is O=S(=O)(F)c1ccc2sc(Cl)cc2c1. The summed E-state index contributed by atoms with van der Waals surface area (Å²) in [6, 6.07) is 5.64. The van der Waals surface area contributed by atoms with Crippen molar-refractivity contribution in [1.82, 2.24) is 0 Å². The third-order valence-corrected chi connectivity index (χ3v) is 3.80. The maximum Gasteiger partial charge on any atom is 0.332 e. The Hall–Kier alpha value is -0.650. The van der Waals surface area contributed by atoms with E-state index in [-0.39, 0.29) is 4.90 Å². The van der Waals surface area contributed by atoms with Gasteiger partial charge >= 0.3 is 10.2 Å². The zero-order valence-electron chi connectivity index (χ0n) is 6.70. The second-order valence-corrected chi connectivity index (χ2v) is 5.75. The molecule has 0 radical (unpaired) electrons. The molecular formula is C8H4ClFO2S2. The first-order valence-corrected chi connectivity index (χ1v) is 6.18. The van der Waals surface area contributed by atoms with Crippen molar-refractivity contribution in [3.63, 3.8) is 0 Å². The van der Waals surface area contributed by atoms with Crippen LogP contribution in [0.4, 0.5) is 3.89 Å². The van der Waals surface area contributed by atoms with Crippen molar-refractivity contribution in [2.24, 2.45) is 0 Å². The standard InChI is InChI=1S/C8H4ClFO2S2/c9-8-4-5-3-6(14(10,11)12)1-2-7(5)13-8/h1-4H. The predicted octanol–water partition coefficient (Wildman–Crippen LogP) is 3.21. The molecule has 0 bridgehead atoms. The van der Waals surface area contributed by atoms with E-state index in [1.165, 1.54) is 23.5 Å². The van der Waals surface area contributed by atoms with Crippen LogP contribution in [0.25, 0.3) is 10.1 Å². The summed E-state index contributed by atoms with van der Waals surface area (Å²) in [5.41, 5.74) is 0. The van der Waals surface area contributed by atoms with Gasteiger partial charge in [-0.15, -0.1) is 15.2 Å². The average molecular weight is 251 g/mol. The molecule has 0 N–H and O–H groups in total. The quantitative estimate of drug-likeness (QED) is 0.729. The third kappa shape index (κ3) is 1.75. The van der Waals surface area contributed by atoms with Crippen molar-refractivity contribution in [3.8, 4) is 0 Å². The van der Waals surface area contributed by atoms with Gasteiger partial charge < -0.3 is 0 Å². The van der Waals surface area contributed by atoms with E-state index in [1.807, 2.05) is 0 Å². The van der Waals surface area contributed by atoms with Gasteiger partial charge in [-0.2, -0.15) is 8.42 Å². The van der Waals surface area contributed by atoms with Gasteiger partial charge in [0.15, 0.2) is 0 Å². The Kier molecular flexibility index (Phi) is 2.25. The first-order valence-electron chi connectivity index (χ1n) is 3.60. The Morgan fingerprint density at radius 1 is 1.29 bits per heavy atom. The Bertz CT molecular complexity index is 588. The summed E-state index contributed by atoms with van der Waals surface area (Å²) in [6.45, 7) is 0. The maximum atomic E-state index is 12.6. The van der Waals surface area contributed by atoms with Crippen LogP contribution in [0.3, 0.4) is 0 Å². The zero-order valence-corrected chi connectivity index (χ0v) is 9.09. The number of halogens is 2. The van der Waals surface area contributed by atoms with E-state index in [9.17, 15) is 12.3 Å². The normalized spacial score (nSPS) is 12.1. The molecule has 6 heteroatoms. The third-order valence-electron chi connectivity index (χ3n) is 1.74. The molecule has 74 valence electrons. The molecule has 2 nitrogen and oxygen atoms in total. The van der Waals surface area contributed by atoms with Crippen molar-refractivity contribution < 1.29 is 12.3 Å². The van der Waals surface area contributed by atoms with E-state index in [4.69, 9.17) is 11.6 Å². The van der Waals surface area contributed by atoms with Gasteiger partial charge in [0, 0.05) is 4.70 Å². The highest BCUT2D eigenvalue weighted by atomic mass is 35.5. The molecule has 0 spiro atoms. The summed E-state index contributed by atoms with van der Waals surface area (Å²) in [5, 5.41) is 0.638. The fraction of sp³-hybridized carbons (Fsp3) is 0. The van der Waals surface area contributed by atoms with Gasteiger partial charge in [-0.1, -0.05) is 11.6 Å². The summed E-state index contributed by atoms with van der Waals surface area (Å²) < 4.78 is 35.2. The molecule has 0 saturated carbocycles. The maximum absolute atomic E-state index is 12.6. The van der Waals surface area contributed by atoms with Crippen LogP contribution < -0.4 is 0 Å². The zero-order chi connectivity index (χ0) is 10.3. The number of fused-ring (bicyclic) bond motifs is 1. The van der Waals surface area contributed by atoms with Gasteiger partial charge in [-0.05, 0) is 29.7 Å². The molecule has 0 unspecified atom stereocenters. The Labute approximate surface area is 89.1 Å². The summed E-state index contributed by atoms with van der Waals surface area (Å²) >= 11 is 7.04. The molecule has 0 aliphatic rings. The van der Waals surface area contributed by atoms with Crippen LogP contribution in [-0.2, 0) is 10.2 Å². The fourth-order valence-corrected chi connectivity index (χ4v) is 2.77. The van der Waals surface area contributed by atoms with E-state index in [0.29, 0.717) is 9.72 Å². The summed E-state index contributed by atoms with van der Waals surface area (Å²) in [6.07, 6.45) is 0. The highest BCUT2D eigenvalue weighted by Gasteiger charge is 2.12. The molecule has 1 aromatic carbocycles. The largest absolute Gasteiger partial charge is 0.332 e. The number of hydrogen-bond acceptors (Lipinski definition) is 3. The molecule has 0 fully saturated rings. The summed E-state index contributed by atoms with van der Waals surface area (Å²) in [5.74, 6) is 0. The monoisotopic (exact) mass is 250 g/mol. The molecule has 14 heavy (non-hydrogen) atoms. The molecule has 0 amide bonds. The van der Waals surface area contributed by atoms with Crippen molar-refractivity contribution in [2.45, 2.75) is 4.90 Å². The first kappa shape index (κ1) is 9.89. The van der Waals surface area contributed by atoms with Crippen LogP contribution >= 0.6 is 22.9 Å². The minimum atomic E-state index is -4.62. The van der Waals surface area contributed by atoms with E-state index in [2.05, 4.69) is 0 Å². The van der Waals surface area contributed by atoms with Gasteiger partial charge in [0.1, 0.15) is 0 Å². The topological polar surface area (TPSA) is 34.1 Å². The molecule has 1 heterocycles. The Balaban J connectivity index is 2.74. The lowest BCUT2D eigenvalue weighted by Gasteiger charge is -1.93. The highest BCUT2D eigenvalue weighted by molar-refractivity contribution is 7.86. The van der Waals surface area contributed by atoms with E-state index in [0.717, 1.165) is 4.70 Å². The number of thiophene rings is 1. The van der Waals surface area contributed by atoms with Gasteiger partial charge in [-0.25, -0.2) is 0 Å². The van der Waals surface area contributed by atoms with E-state index < -0.39 is 10.2 Å². The van der Waals surface area contributed by atoms with Crippen molar-refractivity contribution >= 4 is 43.2 Å². The average Bonchev–Trinajstić information content (AvgIpc) is 2.41. The smallest absolute Gasteiger partial charge is 0.189 e. The number of hydrogen-bond donors (Lipinski definition) is 0. The molecule has 0 aliphatic carbocycles. The lowest BCUT2D eigenvalue weighted by Crippen LogP contribution is -1.90. The van der Waals surface area contributed by atoms with Crippen LogP contribution in [0.2, 0.25) is 4.34 Å². The van der Waals surface area contributed by atoms with E-state index >= 15 is 0 Å². The predicted molar refractivity (Wildman–Crippen MR) is 55.1 cm³/mol. The van der Waals surface area contributed by atoms with Gasteiger partial charge in [0.2, 0.25) is 0 Å². The lowest BCUT2D eigenvalue weighted by atomic mass is 10.3.